The molecule has 5 aromatic rings. The molecule has 0 saturated carbocycles. The van der Waals surface area contributed by atoms with Gasteiger partial charge in [0.1, 0.15) is 29.3 Å². The average molecular weight is 702 g/mol. The lowest BCUT2D eigenvalue weighted by molar-refractivity contribution is -0.134. The molecule has 0 radical (unpaired) electrons. The summed E-state index contributed by atoms with van der Waals surface area (Å²) < 4.78 is 17.6. The summed E-state index contributed by atoms with van der Waals surface area (Å²) in [6.45, 7) is 6.42. The number of ether oxygens (including phenoxy) is 2. The monoisotopic (exact) mass is 701 g/mol. The molecule has 0 spiro atoms. The van der Waals surface area contributed by atoms with E-state index >= 15 is 0 Å². The Hall–Kier alpha value is -5.62. The number of anilines is 2. The third kappa shape index (κ3) is 5.41. The number of imidazole rings is 2. The number of aromatic nitrogens is 8. The number of fused-ring (bicyclic) bond motifs is 3. The Morgan fingerprint density at radius 3 is 2.55 bits per heavy atom. The zero-order valence-corrected chi connectivity index (χ0v) is 28.8. The predicted octanol–water partition coefficient (Wildman–Crippen LogP) is 0.586. The highest BCUT2D eigenvalue weighted by molar-refractivity contribution is 6.06. The molecule has 1 aromatic carbocycles. The molecule has 1 unspecified atom stereocenters. The largest absolute Gasteiger partial charge is 0.496 e. The maximum absolute atomic E-state index is 13.7. The zero-order valence-electron chi connectivity index (χ0n) is 28.8. The summed E-state index contributed by atoms with van der Waals surface area (Å²) >= 11 is 0. The maximum Gasteiger partial charge on any atom is 0.332 e. The molecule has 2 amide bonds. The number of benzene rings is 1. The van der Waals surface area contributed by atoms with Crippen LogP contribution in [0.2, 0.25) is 0 Å². The minimum atomic E-state index is -1.03. The number of nitrogens with zero attached hydrogens (tertiary/aromatic N) is 8. The Labute approximate surface area is 290 Å². The van der Waals surface area contributed by atoms with Gasteiger partial charge in [0.05, 0.1) is 19.0 Å². The lowest BCUT2D eigenvalue weighted by atomic mass is 10.0. The Balaban J connectivity index is 1.17. The van der Waals surface area contributed by atoms with E-state index in [1.807, 2.05) is 13.0 Å². The summed E-state index contributed by atoms with van der Waals surface area (Å²) in [5.41, 5.74) is 8.61. The van der Waals surface area contributed by atoms with Crippen molar-refractivity contribution in [2.45, 2.75) is 77.5 Å². The molecule has 18 nitrogen and oxygen atoms in total. The number of carbonyl (C=O) groups is 2. The number of hydrogen-bond acceptors (Lipinski definition) is 12. The lowest BCUT2D eigenvalue weighted by Crippen LogP contribution is -2.39. The van der Waals surface area contributed by atoms with Gasteiger partial charge in [0.15, 0.2) is 28.9 Å². The maximum atomic E-state index is 13.7. The van der Waals surface area contributed by atoms with Crippen molar-refractivity contribution in [3.8, 4) is 5.75 Å². The fourth-order valence-electron chi connectivity index (χ4n) is 7.28. The van der Waals surface area contributed by atoms with Gasteiger partial charge in [0.25, 0.3) is 11.5 Å². The Kier molecular flexibility index (Phi) is 8.58. The smallest absolute Gasteiger partial charge is 0.332 e. The van der Waals surface area contributed by atoms with Crippen molar-refractivity contribution < 1.29 is 24.2 Å². The van der Waals surface area contributed by atoms with E-state index in [1.165, 1.54) is 27.1 Å². The molecular formula is C33H39N11O7. The number of nitrogen functional groups attached to an aromatic ring is 1. The first-order valence-electron chi connectivity index (χ1n) is 16.8. The molecule has 1 saturated heterocycles. The van der Waals surface area contributed by atoms with Gasteiger partial charge in [-0.2, -0.15) is 9.97 Å². The average Bonchev–Trinajstić information content (AvgIpc) is 3.89. The van der Waals surface area contributed by atoms with Crippen molar-refractivity contribution in [3.63, 3.8) is 0 Å². The van der Waals surface area contributed by atoms with Crippen LogP contribution in [-0.4, -0.2) is 81.0 Å². The van der Waals surface area contributed by atoms with Crippen molar-refractivity contribution in [3.05, 3.63) is 61.8 Å². The van der Waals surface area contributed by atoms with E-state index < -0.39 is 30.0 Å². The molecule has 1 aliphatic heterocycles. The van der Waals surface area contributed by atoms with Crippen LogP contribution < -0.4 is 32.4 Å². The quantitative estimate of drug-likeness (QED) is 0.166. The molecule has 7 rings (SSSR count). The highest BCUT2D eigenvalue weighted by Crippen LogP contribution is 2.41. The number of carbonyl (C=O) groups excluding carboxylic acids is 2. The SMILES string of the molecule is CCNC(=O)[C@@H]1C[C@@H](O)[C@H](n2cnc3c(N)nc(NC(=O)c4ccc5c(c4OC)CC(c4nc6c(c(=O)n(CC)c(=O)n6CC)n4C)C5)nc32)O1. The Morgan fingerprint density at radius 2 is 1.84 bits per heavy atom. The van der Waals surface area contributed by atoms with E-state index in [1.54, 1.807) is 31.5 Å². The van der Waals surface area contributed by atoms with Crippen LogP contribution in [0.3, 0.4) is 0 Å². The molecule has 2 aliphatic rings. The van der Waals surface area contributed by atoms with Gasteiger partial charge in [-0.05, 0) is 50.8 Å². The number of nitrogens with one attached hydrogen (secondary N) is 2. The van der Waals surface area contributed by atoms with Crippen LogP contribution in [0.15, 0.2) is 28.0 Å². The molecule has 268 valence electrons. The first kappa shape index (κ1) is 33.9. The number of likely N-dealkylation sites (N-methyl/N-ethyl adjacent to an activating group) is 1. The number of aliphatic hydroxyl groups is 1. The second kappa shape index (κ2) is 12.9. The molecule has 51 heavy (non-hydrogen) atoms. The standard InChI is InChI=1S/C33H39N11O7/c1-6-35-29(47)20-13-19(45)31(51-20)44-14-36-21-24(34)37-32(39-26(21)44)40-28(46)17-10-9-15-11-16(12-18(15)23(17)50-5)25-38-27-22(41(25)4)30(48)43(8-3)33(49)42(27)7-2/h9-10,14,16,19-20,31,45H,6-8,11-13H2,1-5H3,(H,35,47)(H3,34,37,39,40,46)/t16?,19-,20+,31-/m1/s1. The predicted molar refractivity (Wildman–Crippen MR) is 185 cm³/mol. The van der Waals surface area contributed by atoms with Crippen molar-refractivity contribution in [1.29, 1.82) is 0 Å². The van der Waals surface area contributed by atoms with Crippen LogP contribution in [0.25, 0.3) is 22.3 Å². The van der Waals surface area contributed by atoms with Gasteiger partial charge in [0.2, 0.25) is 11.9 Å². The molecule has 4 aromatic heterocycles. The van der Waals surface area contributed by atoms with E-state index in [4.69, 9.17) is 20.2 Å². The minimum Gasteiger partial charge on any atom is -0.496 e. The van der Waals surface area contributed by atoms with E-state index in [2.05, 4.69) is 25.6 Å². The molecule has 4 atom stereocenters. The van der Waals surface area contributed by atoms with E-state index in [9.17, 15) is 24.3 Å². The van der Waals surface area contributed by atoms with Gasteiger partial charge in [-0.3, -0.25) is 33.4 Å². The van der Waals surface area contributed by atoms with Crippen LogP contribution in [0.1, 0.15) is 66.6 Å². The van der Waals surface area contributed by atoms with Crippen LogP contribution in [-0.2, 0) is 42.5 Å². The molecular weight excluding hydrogens is 662 g/mol. The first-order valence-corrected chi connectivity index (χ1v) is 16.8. The van der Waals surface area contributed by atoms with Crippen molar-refractivity contribution in [2.24, 2.45) is 7.05 Å². The Morgan fingerprint density at radius 1 is 1.08 bits per heavy atom. The second-order valence-corrected chi connectivity index (χ2v) is 12.6. The third-order valence-electron chi connectivity index (χ3n) is 9.68. The summed E-state index contributed by atoms with van der Waals surface area (Å²) in [4.78, 5) is 70.2. The van der Waals surface area contributed by atoms with Crippen molar-refractivity contribution in [2.75, 3.05) is 24.7 Å². The molecule has 0 bridgehead atoms. The molecule has 18 heteroatoms. The second-order valence-electron chi connectivity index (χ2n) is 12.6. The molecule has 5 N–H and O–H groups in total. The van der Waals surface area contributed by atoms with Gasteiger partial charge in [0, 0.05) is 39.0 Å². The Bertz CT molecular complexity index is 2340. The lowest BCUT2D eigenvalue weighted by Gasteiger charge is -2.17. The molecule has 1 fully saturated rings. The zero-order chi connectivity index (χ0) is 36.3. The van der Waals surface area contributed by atoms with E-state index in [-0.39, 0.29) is 58.8 Å². The number of rotatable bonds is 9. The van der Waals surface area contributed by atoms with Crippen molar-refractivity contribution >= 4 is 45.9 Å². The number of amides is 2. The van der Waals surface area contributed by atoms with E-state index in [0.29, 0.717) is 48.7 Å². The van der Waals surface area contributed by atoms with E-state index in [0.717, 1.165) is 11.1 Å². The van der Waals surface area contributed by atoms with Gasteiger partial charge in [-0.15, -0.1) is 0 Å². The summed E-state index contributed by atoms with van der Waals surface area (Å²) in [5, 5.41) is 16.1. The molecule has 5 heterocycles. The highest BCUT2D eigenvalue weighted by Gasteiger charge is 2.40. The number of aliphatic hydroxyl groups excluding tert-OH is 1. The third-order valence-corrected chi connectivity index (χ3v) is 9.68. The molecule has 1 aliphatic carbocycles. The summed E-state index contributed by atoms with van der Waals surface area (Å²) in [7, 11) is 3.27. The van der Waals surface area contributed by atoms with Crippen LogP contribution in [0.5, 0.6) is 5.75 Å². The number of aryl methyl sites for hydroxylation is 2. The van der Waals surface area contributed by atoms with Gasteiger partial charge >= 0.3 is 5.69 Å². The fourth-order valence-corrected chi connectivity index (χ4v) is 7.28. The van der Waals surface area contributed by atoms with Gasteiger partial charge in [-0.1, -0.05) is 6.07 Å². The number of methoxy groups -OCH3 is 1. The fraction of sp³-hybridized carbons (Fsp3) is 0.455. The van der Waals surface area contributed by atoms with Gasteiger partial charge in [-0.25, -0.2) is 14.8 Å². The van der Waals surface area contributed by atoms with Gasteiger partial charge < -0.3 is 30.2 Å². The number of nitrogens with two attached hydrogens (primary N) is 1. The minimum absolute atomic E-state index is 0.00721. The topological polar surface area (TPSA) is 228 Å². The first-order chi connectivity index (χ1) is 24.5. The number of hydrogen-bond donors (Lipinski definition) is 4. The normalized spacial score (nSPS) is 19.9. The highest BCUT2D eigenvalue weighted by atomic mass is 16.5. The van der Waals surface area contributed by atoms with Crippen LogP contribution in [0.4, 0.5) is 11.8 Å². The van der Waals surface area contributed by atoms with Crippen molar-refractivity contribution in [1.82, 2.24) is 43.5 Å². The van der Waals surface area contributed by atoms with Crippen LogP contribution >= 0.6 is 0 Å². The van der Waals surface area contributed by atoms with Crippen LogP contribution in [0, 0.1) is 0 Å². The summed E-state index contributed by atoms with van der Waals surface area (Å²) in [6.07, 6.45) is -0.332. The summed E-state index contributed by atoms with van der Waals surface area (Å²) in [5.74, 6) is -0.117. The summed E-state index contributed by atoms with van der Waals surface area (Å²) in [6, 6.07) is 3.52.